The summed E-state index contributed by atoms with van der Waals surface area (Å²) in [7, 11) is 1.51. The summed E-state index contributed by atoms with van der Waals surface area (Å²) in [5.41, 5.74) is 1.06. The van der Waals surface area contributed by atoms with Crippen molar-refractivity contribution in [2.24, 2.45) is 0 Å². The van der Waals surface area contributed by atoms with E-state index in [2.05, 4.69) is 0 Å². The summed E-state index contributed by atoms with van der Waals surface area (Å²) < 4.78 is 30.0. The smallest absolute Gasteiger partial charge is 0.300 e. The van der Waals surface area contributed by atoms with Crippen LogP contribution >= 0.6 is 0 Å². The minimum Gasteiger partial charge on any atom is -0.507 e. The summed E-state index contributed by atoms with van der Waals surface area (Å²) in [5.74, 6) is -1.04. The second-order valence-electron chi connectivity index (χ2n) is 7.78. The first kappa shape index (κ1) is 21.5. The number of aliphatic hydroxyl groups is 1. The van der Waals surface area contributed by atoms with Crippen LogP contribution in [-0.2, 0) is 9.59 Å². The number of nitrogens with zero attached hydrogens (tertiary/aromatic N) is 1. The van der Waals surface area contributed by atoms with Gasteiger partial charge in [0.25, 0.3) is 11.7 Å². The molecule has 172 valence electrons. The fraction of sp³-hybridized carbons (Fsp3) is 0.154. The van der Waals surface area contributed by atoms with Crippen molar-refractivity contribution in [1.29, 1.82) is 0 Å². The lowest BCUT2D eigenvalue weighted by Crippen LogP contribution is -2.29. The number of carbonyl (C=O) groups is 2. The molecule has 2 aliphatic heterocycles. The van der Waals surface area contributed by atoms with Gasteiger partial charge in [-0.05, 0) is 54.1 Å². The third-order valence-electron chi connectivity index (χ3n) is 5.78. The third kappa shape index (κ3) is 3.63. The predicted octanol–water partition coefficient (Wildman–Crippen LogP) is 4.23. The molecule has 3 aromatic carbocycles. The number of carbonyl (C=O) groups excluding carboxylic acids is 2. The number of benzene rings is 3. The van der Waals surface area contributed by atoms with E-state index in [-0.39, 0.29) is 11.1 Å². The molecule has 2 aliphatic rings. The van der Waals surface area contributed by atoms with E-state index in [9.17, 15) is 19.1 Å². The van der Waals surface area contributed by atoms with Gasteiger partial charge in [-0.15, -0.1) is 0 Å². The molecule has 2 heterocycles. The third-order valence-corrected chi connectivity index (χ3v) is 5.78. The van der Waals surface area contributed by atoms with E-state index in [1.165, 1.54) is 36.3 Å². The normalized spacial score (nSPS) is 18.8. The molecule has 7 nitrogen and oxygen atoms in total. The topological polar surface area (TPSA) is 85.3 Å². The van der Waals surface area contributed by atoms with Crippen molar-refractivity contribution in [1.82, 2.24) is 0 Å². The predicted molar refractivity (Wildman–Crippen MR) is 122 cm³/mol. The van der Waals surface area contributed by atoms with Gasteiger partial charge in [-0.1, -0.05) is 12.1 Å². The lowest BCUT2D eigenvalue weighted by molar-refractivity contribution is -0.132. The van der Waals surface area contributed by atoms with E-state index >= 15 is 0 Å². The molecule has 1 saturated heterocycles. The maximum absolute atomic E-state index is 13.4. The molecular weight excluding hydrogens is 441 g/mol. The molecule has 1 unspecified atom stereocenters. The van der Waals surface area contributed by atoms with Crippen LogP contribution in [0.5, 0.6) is 17.2 Å². The SMILES string of the molecule is COc1cccc(C2/C(=C(\O)c3ccc(F)cc3)C(=O)C(=O)N2c2ccc3c(c2)OCCO3)c1. The van der Waals surface area contributed by atoms with Crippen molar-refractivity contribution in [2.75, 3.05) is 25.2 Å². The van der Waals surface area contributed by atoms with Crippen LogP contribution in [0.2, 0.25) is 0 Å². The fourth-order valence-electron chi connectivity index (χ4n) is 4.17. The highest BCUT2D eigenvalue weighted by molar-refractivity contribution is 6.51. The Morgan fingerprint density at radius 3 is 2.47 bits per heavy atom. The molecule has 0 spiro atoms. The minimum absolute atomic E-state index is 0.111. The molecule has 1 atom stereocenters. The highest BCUT2D eigenvalue weighted by atomic mass is 19.1. The van der Waals surface area contributed by atoms with Gasteiger partial charge < -0.3 is 19.3 Å². The number of amides is 1. The molecule has 1 fully saturated rings. The Morgan fingerprint density at radius 1 is 1.00 bits per heavy atom. The van der Waals surface area contributed by atoms with Crippen LogP contribution in [0.1, 0.15) is 17.2 Å². The molecule has 8 heteroatoms. The summed E-state index contributed by atoms with van der Waals surface area (Å²) >= 11 is 0. The maximum Gasteiger partial charge on any atom is 0.300 e. The summed E-state index contributed by atoms with van der Waals surface area (Å²) in [5, 5.41) is 11.1. The van der Waals surface area contributed by atoms with Crippen molar-refractivity contribution >= 4 is 23.1 Å². The Labute approximate surface area is 194 Å². The molecule has 0 radical (unpaired) electrons. The molecule has 0 saturated carbocycles. The van der Waals surface area contributed by atoms with E-state index in [0.717, 1.165) is 0 Å². The van der Waals surface area contributed by atoms with Crippen LogP contribution in [0.3, 0.4) is 0 Å². The Morgan fingerprint density at radius 2 is 1.74 bits per heavy atom. The maximum atomic E-state index is 13.4. The number of ketones is 1. The highest BCUT2D eigenvalue weighted by Crippen LogP contribution is 2.45. The number of aliphatic hydroxyl groups excluding tert-OH is 1. The summed E-state index contributed by atoms with van der Waals surface area (Å²) in [6.07, 6.45) is 0. The number of methoxy groups -OCH3 is 1. The monoisotopic (exact) mass is 461 g/mol. The first-order valence-electron chi connectivity index (χ1n) is 10.6. The number of hydrogen-bond acceptors (Lipinski definition) is 6. The second-order valence-corrected chi connectivity index (χ2v) is 7.78. The van der Waals surface area contributed by atoms with Gasteiger partial charge in [-0.25, -0.2) is 4.39 Å². The zero-order valence-corrected chi connectivity index (χ0v) is 18.2. The van der Waals surface area contributed by atoms with E-state index in [1.54, 1.807) is 42.5 Å². The molecule has 0 bridgehead atoms. The highest BCUT2D eigenvalue weighted by Gasteiger charge is 2.47. The lowest BCUT2D eigenvalue weighted by Gasteiger charge is -2.27. The number of rotatable bonds is 4. The van der Waals surface area contributed by atoms with Crippen LogP contribution in [0.4, 0.5) is 10.1 Å². The zero-order chi connectivity index (χ0) is 23.8. The van der Waals surface area contributed by atoms with Gasteiger partial charge in [0.2, 0.25) is 0 Å². The fourth-order valence-corrected chi connectivity index (χ4v) is 4.17. The molecule has 1 N–H and O–H groups in total. The summed E-state index contributed by atoms with van der Waals surface area (Å²) in [6.45, 7) is 0.775. The molecule has 1 amide bonds. The molecule has 34 heavy (non-hydrogen) atoms. The average Bonchev–Trinajstić information content (AvgIpc) is 3.14. The van der Waals surface area contributed by atoms with E-state index < -0.39 is 29.3 Å². The van der Waals surface area contributed by atoms with Gasteiger partial charge in [0.05, 0.1) is 18.7 Å². The number of anilines is 1. The van der Waals surface area contributed by atoms with E-state index in [0.29, 0.717) is 41.7 Å². The van der Waals surface area contributed by atoms with Crippen molar-refractivity contribution in [3.05, 3.63) is 89.2 Å². The minimum atomic E-state index is -0.956. The van der Waals surface area contributed by atoms with Crippen LogP contribution in [0.25, 0.3) is 5.76 Å². The summed E-state index contributed by atoms with van der Waals surface area (Å²) in [6, 6.07) is 16.0. The molecular formula is C26H20FNO6. The lowest BCUT2D eigenvalue weighted by atomic mass is 9.95. The number of halogens is 1. The van der Waals surface area contributed by atoms with Crippen LogP contribution in [0, 0.1) is 5.82 Å². The van der Waals surface area contributed by atoms with Crippen molar-refractivity contribution in [3.8, 4) is 17.2 Å². The van der Waals surface area contributed by atoms with Gasteiger partial charge >= 0.3 is 0 Å². The Hall–Kier alpha value is -4.33. The van der Waals surface area contributed by atoms with E-state index in [4.69, 9.17) is 14.2 Å². The number of ether oxygens (including phenoxy) is 3. The zero-order valence-electron chi connectivity index (χ0n) is 18.2. The molecule has 0 aliphatic carbocycles. The first-order valence-corrected chi connectivity index (χ1v) is 10.6. The van der Waals surface area contributed by atoms with Crippen LogP contribution in [-0.4, -0.2) is 37.1 Å². The number of Topliss-reactive ketones (excluding diaryl/α,β-unsaturated/α-hetero) is 1. The first-order chi connectivity index (χ1) is 16.5. The molecule has 3 aromatic rings. The molecule has 5 rings (SSSR count). The standard InChI is InChI=1S/C26H20FNO6/c1-32-19-4-2-3-16(13-19)23-22(24(29)15-5-7-17(27)8-6-15)25(30)26(31)28(23)18-9-10-20-21(14-18)34-12-11-33-20/h2-10,13-14,23,29H,11-12H2,1H3/b24-22+. The number of hydrogen-bond donors (Lipinski definition) is 1. The van der Waals surface area contributed by atoms with Gasteiger partial charge in [0.15, 0.2) is 11.5 Å². The van der Waals surface area contributed by atoms with Crippen molar-refractivity contribution in [2.45, 2.75) is 6.04 Å². The quantitative estimate of drug-likeness (QED) is 0.356. The van der Waals surface area contributed by atoms with Crippen molar-refractivity contribution in [3.63, 3.8) is 0 Å². The van der Waals surface area contributed by atoms with Gasteiger partial charge in [-0.3, -0.25) is 14.5 Å². The average molecular weight is 461 g/mol. The largest absolute Gasteiger partial charge is 0.507 e. The second kappa shape index (κ2) is 8.55. The van der Waals surface area contributed by atoms with Gasteiger partial charge in [-0.2, -0.15) is 0 Å². The van der Waals surface area contributed by atoms with E-state index in [1.807, 2.05) is 0 Å². The Bertz CT molecular complexity index is 1320. The Balaban J connectivity index is 1.70. The summed E-state index contributed by atoms with van der Waals surface area (Å²) in [4.78, 5) is 27.8. The van der Waals surface area contributed by atoms with Gasteiger partial charge in [0.1, 0.15) is 30.5 Å². The van der Waals surface area contributed by atoms with Crippen molar-refractivity contribution < 1.29 is 33.3 Å². The van der Waals surface area contributed by atoms with Crippen LogP contribution in [0.15, 0.2) is 72.3 Å². The number of fused-ring (bicyclic) bond motifs is 1. The van der Waals surface area contributed by atoms with Gasteiger partial charge in [0, 0.05) is 17.3 Å². The Kier molecular flexibility index (Phi) is 5.41. The van der Waals surface area contributed by atoms with Crippen LogP contribution < -0.4 is 19.1 Å². The molecule has 0 aromatic heterocycles.